The summed E-state index contributed by atoms with van der Waals surface area (Å²) < 4.78 is 13.6. The minimum atomic E-state index is -0.476. The summed E-state index contributed by atoms with van der Waals surface area (Å²) in [4.78, 5) is 16.8. The number of benzene rings is 1. The highest BCUT2D eigenvalue weighted by Gasteiger charge is 2.23. The number of rotatable bonds is 2. The molecule has 0 aromatic heterocycles. The van der Waals surface area contributed by atoms with Crippen LogP contribution in [0.25, 0.3) is 0 Å². The van der Waals surface area contributed by atoms with Crippen LogP contribution < -0.4 is 0 Å². The first-order chi connectivity index (χ1) is 8.61. The zero-order chi connectivity index (χ0) is 13.1. The predicted octanol–water partition coefficient (Wildman–Crippen LogP) is 1.89. The second-order valence-electron chi connectivity index (χ2n) is 4.39. The Kier molecular flexibility index (Phi) is 4.24. The topological polar surface area (TPSA) is 23.6 Å². The molecule has 5 heteroatoms. The van der Waals surface area contributed by atoms with Gasteiger partial charge >= 0.3 is 0 Å². The number of thiol groups is 1. The first-order valence-electron chi connectivity index (χ1n) is 6.12. The van der Waals surface area contributed by atoms with E-state index >= 15 is 0 Å². The van der Waals surface area contributed by atoms with Gasteiger partial charge in [0.2, 0.25) is 0 Å². The van der Waals surface area contributed by atoms with Crippen LogP contribution in [0.4, 0.5) is 4.39 Å². The van der Waals surface area contributed by atoms with Gasteiger partial charge in [0.1, 0.15) is 5.82 Å². The number of hydrogen-bond donors (Lipinski definition) is 1. The fourth-order valence-electron chi connectivity index (χ4n) is 2.11. The van der Waals surface area contributed by atoms with Crippen LogP contribution in [0.1, 0.15) is 17.3 Å². The molecule has 0 atom stereocenters. The number of likely N-dealkylation sites (N-methyl/N-ethyl adjacent to an activating group) is 1. The summed E-state index contributed by atoms with van der Waals surface area (Å²) in [7, 11) is 0. The second kappa shape index (κ2) is 5.71. The highest BCUT2D eigenvalue weighted by molar-refractivity contribution is 7.80. The van der Waals surface area contributed by atoms with Crippen LogP contribution in [0.15, 0.2) is 23.1 Å². The first kappa shape index (κ1) is 13.4. The standard InChI is InChI=1S/C13H17FN2OS/c1-2-15-5-7-16(8-6-15)13(17)11-9-10(18)3-4-12(11)14/h3-4,9,18H,2,5-8H2,1H3. The molecule has 1 aliphatic heterocycles. The van der Waals surface area contributed by atoms with Gasteiger partial charge in [0.05, 0.1) is 5.56 Å². The van der Waals surface area contributed by atoms with Crippen LogP contribution in [0, 0.1) is 5.82 Å². The van der Waals surface area contributed by atoms with Crippen molar-refractivity contribution in [3.05, 3.63) is 29.6 Å². The molecular formula is C13H17FN2OS. The van der Waals surface area contributed by atoms with E-state index in [0.29, 0.717) is 18.0 Å². The zero-order valence-electron chi connectivity index (χ0n) is 10.4. The number of amides is 1. The molecule has 3 nitrogen and oxygen atoms in total. The van der Waals surface area contributed by atoms with E-state index in [1.807, 2.05) is 0 Å². The van der Waals surface area contributed by atoms with Gasteiger partial charge < -0.3 is 9.80 Å². The lowest BCUT2D eigenvalue weighted by atomic mass is 10.1. The van der Waals surface area contributed by atoms with Gasteiger partial charge in [0.25, 0.3) is 5.91 Å². The molecule has 0 saturated carbocycles. The van der Waals surface area contributed by atoms with E-state index in [4.69, 9.17) is 0 Å². The maximum absolute atomic E-state index is 13.6. The van der Waals surface area contributed by atoms with Gasteiger partial charge in [-0.15, -0.1) is 12.6 Å². The maximum Gasteiger partial charge on any atom is 0.256 e. The SMILES string of the molecule is CCN1CCN(C(=O)c2cc(S)ccc2F)CC1. The molecule has 0 aliphatic carbocycles. The van der Waals surface area contributed by atoms with E-state index in [2.05, 4.69) is 24.5 Å². The molecule has 0 unspecified atom stereocenters. The normalized spacial score (nSPS) is 16.9. The number of piperazine rings is 1. The largest absolute Gasteiger partial charge is 0.336 e. The summed E-state index contributed by atoms with van der Waals surface area (Å²) >= 11 is 4.14. The molecule has 0 spiro atoms. The monoisotopic (exact) mass is 268 g/mol. The molecule has 1 fully saturated rings. The number of nitrogens with zero attached hydrogens (tertiary/aromatic N) is 2. The van der Waals surface area contributed by atoms with Crippen molar-refractivity contribution in [2.45, 2.75) is 11.8 Å². The van der Waals surface area contributed by atoms with Crippen molar-refractivity contribution < 1.29 is 9.18 Å². The third kappa shape index (κ3) is 2.84. The Labute approximate surface area is 112 Å². The van der Waals surface area contributed by atoms with Gasteiger partial charge in [0, 0.05) is 31.1 Å². The van der Waals surface area contributed by atoms with Crippen molar-refractivity contribution in [2.75, 3.05) is 32.7 Å². The Morgan fingerprint density at radius 1 is 1.33 bits per heavy atom. The smallest absolute Gasteiger partial charge is 0.256 e. The van der Waals surface area contributed by atoms with Gasteiger partial charge in [-0.1, -0.05) is 6.92 Å². The van der Waals surface area contributed by atoms with E-state index in [9.17, 15) is 9.18 Å². The lowest BCUT2D eigenvalue weighted by molar-refractivity contribution is 0.0638. The summed E-state index contributed by atoms with van der Waals surface area (Å²) in [5.74, 6) is -0.713. The minimum absolute atomic E-state index is 0.118. The molecule has 1 heterocycles. The fourth-order valence-corrected chi connectivity index (χ4v) is 2.32. The molecule has 0 N–H and O–H groups in total. The highest BCUT2D eigenvalue weighted by Crippen LogP contribution is 2.16. The molecule has 1 amide bonds. The maximum atomic E-state index is 13.6. The molecular weight excluding hydrogens is 251 g/mol. The average molecular weight is 268 g/mol. The molecule has 98 valence electrons. The Morgan fingerprint density at radius 3 is 2.61 bits per heavy atom. The molecule has 0 radical (unpaired) electrons. The van der Waals surface area contributed by atoms with Gasteiger partial charge in [-0.25, -0.2) is 4.39 Å². The van der Waals surface area contributed by atoms with Crippen LogP contribution >= 0.6 is 12.6 Å². The number of hydrogen-bond acceptors (Lipinski definition) is 3. The quantitative estimate of drug-likeness (QED) is 0.828. The van der Waals surface area contributed by atoms with Crippen LogP contribution in [0.3, 0.4) is 0 Å². The van der Waals surface area contributed by atoms with Gasteiger partial charge in [-0.3, -0.25) is 4.79 Å². The molecule has 1 aromatic rings. The van der Waals surface area contributed by atoms with Crippen LogP contribution in [0.2, 0.25) is 0 Å². The van der Waals surface area contributed by atoms with Crippen molar-refractivity contribution in [1.82, 2.24) is 9.80 Å². The van der Waals surface area contributed by atoms with E-state index in [0.717, 1.165) is 19.6 Å². The van der Waals surface area contributed by atoms with E-state index in [1.54, 1.807) is 11.0 Å². The van der Waals surface area contributed by atoms with Crippen LogP contribution in [-0.4, -0.2) is 48.4 Å². The van der Waals surface area contributed by atoms with Crippen LogP contribution in [0.5, 0.6) is 0 Å². The van der Waals surface area contributed by atoms with Gasteiger partial charge in [0.15, 0.2) is 0 Å². The van der Waals surface area contributed by atoms with Crippen LogP contribution in [-0.2, 0) is 0 Å². The Balaban J connectivity index is 2.10. The Morgan fingerprint density at radius 2 is 2.00 bits per heavy atom. The highest BCUT2D eigenvalue weighted by atomic mass is 32.1. The van der Waals surface area contributed by atoms with Crippen molar-refractivity contribution in [3.63, 3.8) is 0 Å². The summed E-state index contributed by atoms with van der Waals surface area (Å²) in [5.41, 5.74) is 0.118. The second-order valence-corrected chi connectivity index (χ2v) is 4.91. The van der Waals surface area contributed by atoms with E-state index in [1.165, 1.54) is 12.1 Å². The van der Waals surface area contributed by atoms with Crippen molar-refractivity contribution in [2.24, 2.45) is 0 Å². The number of halogens is 1. The van der Waals surface area contributed by atoms with Gasteiger partial charge in [-0.05, 0) is 24.7 Å². The first-order valence-corrected chi connectivity index (χ1v) is 6.56. The zero-order valence-corrected chi connectivity index (χ0v) is 11.3. The predicted molar refractivity (Wildman–Crippen MR) is 71.7 cm³/mol. The lowest BCUT2D eigenvalue weighted by Gasteiger charge is -2.34. The molecule has 1 saturated heterocycles. The molecule has 1 aliphatic rings. The Bertz CT molecular complexity index is 445. The summed E-state index contributed by atoms with van der Waals surface area (Å²) in [6.07, 6.45) is 0. The van der Waals surface area contributed by atoms with Crippen molar-refractivity contribution >= 4 is 18.5 Å². The summed E-state index contributed by atoms with van der Waals surface area (Å²) in [5, 5.41) is 0. The molecule has 1 aromatic carbocycles. The Hall–Kier alpha value is -1.07. The third-order valence-corrected chi connectivity index (χ3v) is 3.57. The number of carbonyl (C=O) groups is 1. The van der Waals surface area contributed by atoms with Crippen molar-refractivity contribution in [3.8, 4) is 0 Å². The fraction of sp³-hybridized carbons (Fsp3) is 0.462. The molecule has 2 rings (SSSR count). The van der Waals surface area contributed by atoms with E-state index in [-0.39, 0.29) is 11.5 Å². The minimum Gasteiger partial charge on any atom is -0.336 e. The average Bonchev–Trinajstić information content (AvgIpc) is 2.41. The van der Waals surface area contributed by atoms with Gasteiger partial charge in [-0.2, -0.15) is 0 Å². The van der Waals surface area contributed by atoms with E-state index < -0.39 is 5.82 Å². The molecule has 18 heavy (non-hydrogen) atoms. The summed E-state index contributed by atoms with van der Waals surface area (Å²) in [6.45, 7) is 6.10. The summed E-state index contributed by atoms with van der Waals surface area (Å²) in [6, 6.07) is 4.33. The lowest BCUT2D eigenvalue weighted by Crippen LogP contribution is -2.48. The van der Waals surface area contributed by atoms with Crippen molar-refractivity contribution in [1.29, 1.82) is 0 Å². The third-order valence-electron chi connectivity index (χ3n) is 3.29. The number of carbonyl (C=O) groups excluding carboxylic acids is 1. The molecule has 0 bridgehead atoms.